The number of rotatable bonds is 5. The van der Waals surface area contributed by atoms with Crippen LogP contribution in [-0.4, -0.2) is 11.1 Å². The topological polar surface area (TPSA) is 37.3 Å². The first-order valence-corrected chi connectivity index (χ1v) is 6.95. The van der Waals surface area contributed by atoms with Crippen LogP contribution in [0, 0.1) is 5.92 Å². The molecule has 0 bridgehead atoms. The van der Waals surface area contributed by atoms with Crippen LogP contribution >= 0.6 is 22.9 Å². The number of benzene rings is 1. The van der Waals surface area contributed by atoms with E-state index in [1.165, 1.54) is 0 Å². The molecule has 1 atom stereocenters. The van der Waals surface area contributed by atoms with Gasteiger partial charge < -0.3 is 5.11 Å². The van der Waals surface area contributed by atoms with Crippen LogP contribution < -0.4 is 0 Å². The van der Waals surface area contributed by atoms with Crippen LogP contribution in [0.3, 0.4) is 0 Å². The Morgan fingerprint density at radius 1 is 1.17 bits per heavy atom. The highest BCUT2D eigenvalue weighted by molar-refractivity contribution is 7.07. The monoisotopic (exact) mass is 280 g/mol. The van der Waals surface area contributed by atoms with E-state index in [1.807, 2.05) is 29.0 Å². The SMILES string of the molecule is O=C(O)C(Cc1ccc(Cl)cc1)Cc1ccsc1. The fourth-order valence-corrected chi connectivity index (χ4v) is 2.65. The summed E-state index contributed by atoms with van der Waals surface area (Å²) in [5, 5.41) is 13.9. The predicted molar refractivity (Wildman–Crippen MR) is 74.3 cm³/mol. The number of carboxylic acid groups (broad SMARTS) is 1. The van der Waals surface area contributed by atoms with Gasteiger partial charge in [-0.25, -0.2) is 0 Å². The van der Waals surface area contributed by atoms with Gasteiger partial charge in [0.2, 0.25) is 0 Å². The summed E-state index contributed by atoms with van der Waals surface area (Å²) in [6.45, 7) is 0. The van der Waals surface area contributed by atoms with Crippen molar-refractivity contribution in [2.45, 2.75) is 12.8 Å². The molecule has 1 aromatic heterocycles. The number of carbonyl (C=O) groups is 1. The summed E-state index contributed by atoms with van der Waals surface area (Å²) in [6, 6.07) is 9.32. The molecule has 2 aromatic rings. The molecule has 0 saturated heterocycles. The van der Waals surface area contributed by atoms with Crippen molar-refractivity contribution in [1.29, 1.82) is 0 Å². The lowest BCUT2D eigenvalue weighted by atomic mass is 9.94. The number of thiophene rings is 1. The molecule has 0 aliphatic carbocycles. The lowest BCUT2D eigenvalue weighted by molar-refractivity contribution is -0.141. The predicted octanol–water partition coefficient (Wildman–Crippen LogP) is 3.89. The van der Waals surface area contributed by atoms with Crippen molar-refractivity contribution in [1.82, 2.24) is 0 Å². The van der Waals surface area contributed by atoms with E-state index in [0.717, 1.165) is 11.1 Å². The van der Waals surface area contributed by atoms with Crippen molar-refractivity contribution >= 4 is 28.9 Å². The molecule has 2 rings (SSSR count). The molecule has 0 spiro atoms. The summed E-state index contributed by atoms with van der Waals surface area (Å²) in [5.74, 6) is -1.14. The molecule has 18 heavy (non-hydrogen) atoms. The Kier molecular flexibility index (Phi) is 4.39. The molecule has 1 unspecified atom stereocenters. The van der Waals surface area contributed by atoms with E-state index in [9.17, 15) is 9.90 Å². The summed E-state index contributed by atoms with van der Waals surface area (Å²) in [7, 11) is 0. The molecule has 94 valence electrons. The zero-order chi connectivity index (χ0) is 13.0. The molecule has 2 nitrogen and oxygen atoms in total. The quantitative estimate of drug-likeness (QED) is 0.902. The van der Waals surface area contributed by atoms with Gasteiger partial charge in [0.1, 0.15) is 0 Å². The summed E-state index contributed by atoms with van der Waals surface area (Å²) in [6.07, 6.45) is 1.10. The molecule has 0 aliphatic rings. The summed E-state index contributed by atoms with van der Waals surface area (Å²) in [5.41, 5.74) is 2.09. The minimum atomic E-state index is -0.754. The first-order chi connectivity index (χ1) is 8.65. The molecule has 4 heteroatoms. The lowest BCUT2D eigenvalue weighted by Crippen LogP contribution is -2.18. The van der Waals surface area contributed by atoms with E-state index in [1.54, 1.807) is 23.5 Å². The smallest absolute Gasteiger partial charge is 0.307 e. The van der Waals surface area contributed by atoms with Crippen LogP contribution in [0.5, 0.6) is 0 Å². The van der Waals surface area contributed by atoms with Crippen LogP contribution in [0.1, 0.15) is 11.1 Å². The zero-order valence-electron chi connectivity index (χ0n) is 9.67. The molecular weight excluding hydrogens is 268 g/mol. The van der Waals surface area contributed by atoms with Crippen LogP contribution in [0.25, 0.3) is 0 Å². The molecular formula is C14H13ClO2S. The average molecular weight is 281 g/mol. The molecule has 0 fully saturated rings. The second-order valence-electron chi connectivity index (χ2n) is 4.20. The van der Waals surface area contributed by atoms with Gasteiger partial charge in [0.15, 0.2) is 0 Å². The van der Waals surface area contributed by atoms with Crippen molar-refractivity contribution in [3.05, 3.63) is 57.2 Å². The molecule has 0 aliphatic heterocycles. The van der Waals surface area contributed by atoms with Crippen LogP contribution in [-0.2, 0) is 17.6 Å². The van der Waals surface area contributed by atoms with E-state index >= 15 is 0 Å². The Bertz CT molecular complexity index is 505. The van der Waals surface area contributed by atoms with Gasteiger partial charge in [-0.2, -0.15) is 11.3 Å². The van der Waals surface area contributed by atoms with Gasteiger partial charge in [-0.05, 0) is 52.9 Å². The van der Waals surface area contributed by atoms with Crippen LogP contribution in [0.2, 0.25) is 5.02 Å². The molecule has 1 heterocycles. The maximum absolute atomic E-state index is 11.3. The van der Waals surface area contributed by atoms with Gasteiger partial charge in [-0.15, -0.1) is 0 Å². The van der Waals surface area contributed by atoms with Gasteiger partial charge in [0, 0.05) is 5.02 Å². The number of halogens is 1. The number of hydrogen-bond donors (Lipinski definition) is 1. The molecule has 0 radical (unpaired) electrons. The van der Waals surface area contributed by atoms with Crippen LogP contribution in [0.15, 0.2) is 41.1 Å². The third-order valence-electron chi connectivity index (χ3n) is 2.81. The highest BCUT2D eigenvalue weighted by Crippen LogP contribution is 2.18. The third kappa shape index (κ3) is 3.59. The standard InChI is InChI=1S/C14H13ClO2S/c15-13-3-1-10(2-4-13)7-12(14(16)17)8-11-5-6-18-9-11/h1-6,9,12H,7-8H2,(H,16,17). The lowest BCUT2D eigenvalue weighted by Gasteiger charge is -2.11. The maximum atomic E-state index is 11.3. The minimum absolute atomic E-state index is 0.388. The largest absolute Gasteiger partial charge is 0.481 e. The minimum Gasteiger partial charge on any atom is -0.481 e. The third-order valence-corrected chi connectivity index (χ3v) is 3.79. The van der Waals surface area contributed by atoms with Crippen molar-refractivity contribution in [2.24, 2.45) is 5.92 Å². The van der Waals surface area contributed by atoms with Gasteiger partial charge in [0.25, 0.3) is 0 Å². The summed E-state index contributed by atoms with van der Waals surface area (Å²) >= 11 is 7.40. The Balaban J connectivity index is 2.06. The molecule has 0 amide bonds. The van der Waals surface area contributed by atoms with E-state index < -0.39 is 5.97 Å². The Morgan fingerprint density at radius 2 is 1.83 bits per heavy atom. The summed E-state index contributed by atoms with van der Waals surface area (Å²) < 4.78 is 0. The van der Waals surface area contributed by atoms with Crippen molar-refractivity contribution in [3.8, 4) is 0 Å². The molecule has 0 saturated carbocycles. The van der Waals surface area contributed by atoms with E-state index in [2.05, 4.69) is 0 Å². The molecule has 1 N–H and O–H groups in total. The first kappa shape index (κ1) is 13.1. The van der Waals surface area contributed by atoms with Crippen molar-refractivity contribution in [3.63, 3.8) is 0 Å². The van der Waals surface area contributed by atoms with Gasteiger partial charge in [-0.3, -0.25) is 4.79 Å². The Morgan fingerprint density at radius 3 is 2.39 bits per heavy atom. The summed E-state index contributed by atoms with van der Waals surface area (Å²) in [4.78, 5) is 11.3. The fraction of sp³-hybridized carbons (Fsp3) is 0.214. The van der Waals surface area contributed by atoms with Crippen LogP contribution in [0.4, 0.5) is 0 Å². The second kappa shape index (κ2) is 6.03. The maximum Gasteiger partial charge on any atom is 0.307 e. The Labute approximate surface area is 115 Å². The number of aliphatic carboxylic acids is 1. The first-order valence-electron chi connectivity index (χ1n) is 5.63. The van der Waals surface area contributed by atoms with Crippen molar-refractivity contribution in [2.75, 3.05) is 0 Å². The number of carboxylic acids is 1. The van der Waals surface area contributed by atoms with E-state index in [-0.39, 0.29) is 5.92 Å². The normalized spacial score (nSPS) is 12.3. The van der Waals surface area contributed by atoms with Crippen molar-refractivity contribution < 1.29 is 9.90 Å². The zero-order valence-corrected chi connectivity index (χ0v) is 11.2. The number of hydrogen-bond acceptors (Lipinski definition) is 2. The highest BCUT2D eigenvalue weighted by Gasteiger charge is 2.18. The Hall–Kier alpha value is -1.32. The molecule has 1 aromatic carbocycles. The van der Waals surface area contributed by atoms with Gasteiger partial charge in [0.05, 0.1) is 5.92 Å². The second-order valence-corrected chi connectivity index (χ2v) is 5.42. The fourth-order valence-electron chi connectivity index (χ4n) is 1.85. The highest BCUT2D eigenvalue weighted by atomic mass is 35.5. The average Bonchev–Trinajstić information content (AvgIpc) is 2.84. The van der Waals surface area contributed by atoms with E-state index in [0.29, 0.717) is 17.9 Å². The van der Waals surface area contributed by atoms with Gasteiger partial charge in [-0.1, -0.05) is 23.7 Å². The van der Waals surface area contributed by atoms with Gasteiger partial charge >= 0.3 is 5.97 Å². The van der Waals surface area contributed by atoms with E-state index in [4.69, 9.17) is 11.6 Å².